The molecule has 44 heavy (non-hydrogen) atoms. The SMILES string of the molecule is CCCCCCCCCCCCCCCCS(=S)CCOP(=O)(CO[C@H](C)Cn1cnc2c(N)ncnc21)OCC(C)(C)C. The van der Waals surface area contributed by atoms with E-state index in [4.69, 9.17) is 30.7 Å². The lowest BCUT2D eigenvalue weighted by Crippen LogP contribution is -2.20. The fourth-order valence-electron chi connectivity index (χ4n) is 4.81. The van der Waals surface area contributed by atoms with E-state index in [0.717, 1.165) is 12.2 Å². The van der Waals surface area contributed by atoms with Crippen LogP contribution in [-0.2, 0) is 45.5 Å². The molecule has 2 heterocycles. The van der Waals surface area contributed by atoms with E-state index < -0.39 is 7.60 Å². The van der Waals surface area contributed by atoms with E-state index in [1.54, 1.807) is 6.33 Å². The monoisotopic (exact) mass is 673 g/mol. The maximum Gasteiger partial charge on any atom is 0.356 e. The molecular weight excluding hydrogens is 613 g/mol. The first-order valence-electron chi connectivity index (χ1n) is 16.8. The van der Waals surface area contributed by atoms with Crippen molar-refractivity contribution in [2.24, 2.45) is 5.41 Å². The molecule has 0 radical (unpaired) electrons. The minimum atomic E-state index is -3.47. The summed E-state index contributed by atoms with van der Waals surface area (Å²) >= 11 is 5.72. The number of aromatic nitrogens is 4. The van der Waals surface area contributed by atoms with E-state index in [2.05, 4.69) is 21.9 Å². The Bertz CT molecular complexity index is 1130. The smallest absolute Gasteiger partial charge is 0.356 e. The van der Waals surface area contributed by atoms with Gasteiger partial charge in [0.2, 0.25) is 0 Å². The number of hydrogen-bond donors (Lipinski definition) is 1. The molecular formula is C32H60N5O4PS2. The van der Waals surface area contributed by atoms with Gasteiger partial charge in [0, 0.05) is 5.75 Å². The Morgan fingerprint density at radius 2 is 1.50 bits per heavy atom. The lowest BCUT2D eigenvalue weighted by Gasteiger charge is -2.25. The zero-order valence-electron chi connectivity index (χ0n) is 28.1. The number of hydrogen-bond acceptors (Lipinski definition) is 9. The first kappa shape index (κ1) is 39.2. The summed E-state index contributed by atoms with van der Waals surface area (Å²) in [6.45, 7) is 11.4. The van der Waals surface area contributed by atoms with Crippen molar-refractivity contribution in [1.29, 1.82) is 0 Å². The standard InChI is InChI=1S/C32H60N5O4PS2/c1-6-7-8-9-10-11-12-13-14-15-16-17-18-19-21-44(43)22-20-40-42(38,41-24-32(3,4)5)27-39-28(2)23-37-26-36-29-30(33)34-25-35-31(29)37/h25-26,28H,6-24,27H2,1-5H3,(H2,33,34,35)/t28-,42?,44?/m1/s1. The van der Waals surface area contributed by atoms with Gasteiger partial charge in [0.1, 0.15) is 18.2 Å². The first-order valence-corrected chi connectivity index (χ1v) is 21.0. The van der Waals surface area contributed by atoms with Crippen molar-refractivity contribution in [3.05, 3.63) is 12.7 Å². The van der Waals surface area contributed by atoms with Crippen LogP contribution in [0.2, 0.25) is 0 Å². The van der Waals surface area contributed by atoms with Crippen LogP contribution in [0.15, 0.2) is 12.7 Å². The van der Waals surface area contributed by atoms with Crippen LogP contribution in [0.4, 0.5) is 5.82 Å². The van der Waals surface area contributed by atoms with Gasteiger partial charge in [-0.25, -0.2) is 15.0 Å². The number of imidazole rings is 1. The highest BCUT2D eigenvalue weighted by Crippen LogP contribution is 2.49. The van der Waals surface area contributed by atoms with Crippen LogP contribution >= 0.6 is 7.60 Å². The molecule has 2 N–H and O–H groups in total. The number of anilines is 1. The maximum atomic E-state index is 13.6. The van der Waals surface area contributed by atoms with Crippen LogP contribution < -0.4 is 5.73 Å². The third-order valence-corrected chi connectivity index (χ3v) is 11.3. The first-order chi connectivity index (χ1) is 21.0. The third-order valence-electron chi connectivity index (χ3n) is 7.42. The van der Waals surface area contributed by atoms with Gasteiger partial charge in [-0.15, -0.1) is 9.45 Å². The molecule has 0 saturated heterocycles. The van der Waals surface area contributed by atoms with Crippen molar-refractivity contribution in [2.75, 3.05) is 36.8 Å². The van der Waals surface area contributed by atoms with E-state index >= 15 is 0 Å². The second-order valence-electron chi connectivity index (χ2n) is 13.2. The van der Waals surface area contributed by atoms with Crippen molar-refractivity contribution in [3.8, 4) is 0 Å². The number of rotatable bonds is 26. The number of nitrogen functional groups attached to an aromatic ring is 1. The van der Waals surface area contributed by atoms with Gasteiger partial charge < -0.3 is 24.1 Å². The molecule has 0 aromatic carbocycles. The average Bonchev–Trinajstić information content (AvgIpc) is 3.39. The average molecular weight is 674 g/mol. The van der Waals surface area contributed by atoms with Crippen molar-refractivity contribution in [1.82, 2.24) is 19.5 Å². The molecule has 0 aliphatic carbocycles. The number of ether oxygens (including phenoxy) is 1. The summed E-state index contributed by atoms with van der Waals surface area (Å²) in [6, 6.07) is 0. The predicted octanol–water partition coefficient (Wildman–Crippen LogP) is 8.61. The molecule has 12 heteroatoms. The van der Waals surface area contributed by atoms with Crippen molar-refractivity contribution < 1.29 is 18.3 Å². The van der Waals surface area contributed by atoms with Crippen LogP contribution in [0.25, 0.3) is 11.2 Å². The van der Waals surface area contributed by atoms with Gasteiger partial charge in [0.05, 0.1) is 32.2 Å². The van der Waals surface area contributed by atoms with Gasteiger partial charge in [-0.1, -0.05) is 122 Å². The highest BCUT2D eigenvalue weighted by atomic mass is 32.8. The Balaban J connectivity index is 1.63. The molecule has 0 spiro atoms. The summed E-state index contributed by atoms with van der Waals surface area (Å²) in [5, 5.41) is 0. The molecule has 0 saturated carbocycles. The minimum Gasteiger partial charge on any atom is -0.382 e. The molecule has 0 fully saturated rings. The Labute approximate surface area is 274 Å². The Morgan fingerprint density at radius 3 is 2.09 bits per heavy atom. The van der Waals surface area contributed by atoms with Gasteiger partial charge in [-0.2, -0.15) is 0 Å². The van der Waals surface area contributed by atoms with Gasteiger partial charge in [-0.3, -0.25) is 4.57 Å². The van der Waals surface area contributed by atoms with Crippen molar-refractivity contribution in [3.63, 3.8) is 0 Å². The fraction of sp³-hybridized carbons (Fsp3) is 0.844. The Kier molecular flexibility index (Phi) is 19.4. The third kappa shape index (κ3) is 17.1. The summed E-state index contributed by atoms with van der Waals surface area (Å²) in [6.07, 6.45) is 21.6. The number of unbranched alkanes of at least 4 members (excludes halogenated alkanes) is 13. The summed E-state index contributed by atoms with van der Waals surface area (Å²) in [5.41, 5.74) is 6.93. The molecule has 2 aromatic rings. The van der Waals surface area contributed by atoms with Crippen LogP contribution in [0.3, 0.4) is 0 Å². The molecule has 0 aliphatic heterocycles. The van der Waals surface area contributed by atoms with E-state index in [0.29, 0.717) is 42.5 Å². The molecule has 0 bridgehead atoms. The van der Waals surface area contributed by atoms with E-state index in [1.807, 2.05) is 32.3 Å². The Morgan fingerprint density at radius 1 is 0.909 bits per heavy atom. The summed E-state index contributed by atoms with van der Waals surface area (Å²) in [5.74, 6) is 2.06. The quantitative estimate of drug-likeness (QED) is 0.0774. The zero-order valence-corrected chi connectivity index (χ0v) is 30.7. The van der Waals surface area contributed by atoms with Crippen molar-refractivity contribution >= 4 is 45.2 Å². The lowest BCUT2D eigenvalue weighted by molar-refractivity contribution is 0.0609. The maximum absolute atomic E-state index is 13.6. The van der Waals surface area contributed by atoms with Gasteiger partial charge in [-0.05, 0) is 24.5 Å². The van der Waals surface area contributed by atoms with Gasteiger partial charge >= 0.3 is 7.60 Å². The van der Waals surface area contributed by atoms with Crippen molar-refractivity contribution in [2.45, 2.75) is 137 Å². The topological polar surface area (TPSA) is 114 Å². The highest BCUT2D eigenvalue weighted by Gasteiger charge is 2.29. The number of nitrogens with two attached hydrogens (primary N) is 1. The Hall–Kier alpha value is -0.970. The second kappa shape index (κ2) is 21.8. The van der Waals surface area contributed by atoms with Crippen LogP contribution in [-0.4, -0.2) is 56.7 Å². The molecule has 9 nitrogen and oxygen atoms in total. The molecule has 0 amide bonds. The van der Waals surface area contributed by atoms with E-state index in [9.17, 15) is 4.57 Å². The lowest BCUT2D eigenvalue weighted by atomic mass is 9.99. The normalized spacial score (nSPS) is 15.0. The van der Waals surface area contributed by atoms with Crippen LogP contribution in [0.5, 0.6) is 0 Å². The zero-order chi connectivity index (χ0) is 32.3. The second-order valence-corrected chi connectivity index (χ2v) is 18.3. The fourth-order valence-corrected chi connectivity index (χ4v) is 8.11. The largest absolute Gasteiger partial charge is 0.382 e. The van der Waals surface area contributed by atoms with E-state index in [1.165, 1.54) is 89.8 Å². The molecule has 2 unspecified atom stereocenters. The van der Waals surface area contributed by atoms with Gasteiger partial charge in [0.15, 0.2) is 11.5 Å². The van der Waals surface area contributed by atoms with Crippen LogP contribution in [0, 0.1) is 5.41 Å². The van der Waals surface area contributed by atoms with Gasteiger partial charge in [0.25, 0.3) is 0 Å². The molecule has 2 rings (SSSR count). The highest BCUT2D eigenvalue weighted by molar-refractivity contribution is 8.28. The molecule has 0 aliphatic rings. The summed E-state index contributed by atoms with van der Waals surface area (Å²) in [4.78, 5) is 12.6. The number of nitrogens with zero attached hydrogens (tertiary/aromatic N) is 4. The van der Waals surface area contributed by atoms with E-state index in [-0.39, 0.29) is 27.3 Å². The molecule has 2 aromatic heterocycles. The molecule has 254 valence electrons. The summed E-state index contributed by atoms with van der Waals surface area (Å²) in [7, 11) is -3.65. The number of fused-ring (bicyclic) bond motifs is 1. The minimum absolute atomic E-state index is 0.127. The molecule has 3 atom stereocenters. The van der Waals surface area contributed by atoms with Crippen LogP contribution in [0.1, 0.15) is 125 Å². The summed E-state index contributed by atoms with van der Waals surface area (Å²) < 4.78 is 33.2. The predicted molar refractivity (Wildman–Crippen MR) is 189 cm³/mol.